The molecule has 1 aromatic heterocycles. The van der Waals surface area contributed by atoms with Gasteiger partial charge in [-0.2, -0.15) is 0 Å². The second kappa shape index (κ2) is 3.13. The predicted molar refractivity (Wildman–Crippen MR) is 66.1 cm³/mol. The molecule has 16 heavy (non-hydrogen) atoms. The van der Waals surface area contributed by atoms with E-state index in [-0.39, 0.29) is 0 Å². The van der Waals surface area contributed by atoms with Crippen molar-refractivity contribution in [3.8, 4) is 0 Å². The van der Waals surface area contributed by atoms with Crippen LogP contribution in [0.25, 0.3) is 5.70 Å². The molecule has 0 N–H and O–H groups in total. The van der Waals surface area contributed by atoms with E-state index < -0.39 is 0 Å². The monoisotopic (exact) mass is 211 g/mol. The molecule has 0 bridgehead atoms. The molecule has 0 radical (unpaired) electrons. The number of hydrogen-bond acceptors (Lipinski definition) is 0. The third-order valence-corrected chi connectivity index (χ3v) is 4.53. The molecular formula is C15H17N. The van der Waals surface area contributed by atoms with Crippen molar-refractivity contribution in [2.24, 2.45) is 5.92 Å². The summed E-state index contributed by atoms with van der Waals surface area (Å²) in [6.45, 7) is 0. The number of rotatable bonds is 0. The van der Waals surface area contributed by atoms with E-state index in [0.29, 0.717) is 0 Å². The third kappa shape index (κ3) is 1.01. The smallest absolute Gasteiger partial charge is 0.0447 e. The number of fused-ring (bicyclic) bond motifs is 6. The number of nitrogens with zero attached hydrogens (tertiary/aromatic N) is 1. The first kappa shape index (κ1) is 8.86. The molecular weight excluding hydrogens is 194 g/mol. The SMILES string of the molecule is C1=C2C(=CC1)n1cccc1C1CCCCC21. The molecule has 4 rings (SSSR count). The molecule has 0 spiro atoms. The van der Waals surface area contributed by atoms with E-state index in [1.54, 1.807) is 11.3 Å². The first-order valence-electron chi connectivity index (χ1n) is 6.53. The molecule has 1 aromatic rings. The van der Waals surface area contributed by atoms with Gasteiger partial charge in [0.15, 0.2) is 0 Å². The summed E-state index contributed by atoms with van der Waals surface area (Å²) in [5, 5.41) is 0. The van der Waals surface area contributed by atoms with Crippen LogP contribution >= 0.6 is 0 Å². The summed E-state index contributed by atoms with van der Waals surface area (Å²) in [7, 11) is 0. The molecule has 3 aliphatic rings. The maximum absolute atomic E-state index is 2.46. The zero-order valence-corrected chi connectivity index (χ0v) is 9.52. The average Bonchev–Trinajstić information content (AvgIpc) is 2.98. The van der Waals surface area contributed by atoms with Crippen LogP contribution < -0.4 is 0 Å². The fraction of sp³-hybridized carbons (Fsp3) is 0.467. The number of hydrogen-bond donors (Lipinski definition) is 0. The fourth-order valence-corrected chi connectivity index (χ4v) is 3.87. The van der Waals surface area contributed by atoms with Crippen molar-refractivity contribution < 1.29 is 0 Å². The van der Waals surface area contributed by atoms with Crippen molar-refractivity contribution in [3.63, 3.8) is 0 Å². The van der Waals surface area contributed by atoms with E-state index in [1.807, 2.05) is 0 Å². The van der Waals surface area contributed by atoms with Gasteiger partial charge in [0.1, 0.15) is 0 Å². The van der Waals surface area contributed by atoms with Gasteiger partial charge in [-0.3, -0.25) is 0 Å². The quantitative estimate of drug-likeness (QED) is 0.612. The minimum Gasteiger partial charge on any atom is -0.321 e. The van der Waals surface area contributed by atoms with Crippen molar-refractivity contribution in [2.75, 3.05) is 0 Å². The maximum Gasteiger partial charge on any atom is 0.0447 e. The summed E-state index contributed by atoms with van der Waals surface area (Å²) < 4.78 is 2.44. The molecule has 2 atom stereocenters. The summed E-state index contributed by atoms with van der Waals surface area (Å²) in [5.74, 6) is 1.62. The first-order chi connectivity index (χ1) is 7.95. The highest BCUT2D eigenvalue weighted by Crippen LogP contribution is 2.50. The summed E-state index contributed by atoms with van der Waals surface area (Å²) in [5.41, 5.74) is 4.70. The van der Waals surface area contributed by atoms with Gasteiger partial charge in [-0.1, -0.05) is 25.0 Å². The zero-order chi connectivity index (χ0) is 10.5. The third-order valence-electron chi connectivity index (χ3n) is 4.53. The van der Waals surface area contributed by atoms with E-state index in [1.165, 1.54) is 31.4 Å². The van der Waals surface area contributed by atoms with Crippen molar-refractivity contribution in [3.05, 3.63) is 41.7 Å². The lowest BCUT2D eigenvalue weighted by Gasteiger charge is -2.39. The van der Waals surface area contributed by atoms with Gasteiger partial charge in [-0.05, 0) is 42.9 Å². The van der Waals surface area contributed by atoms with Crippen LogP contribution in [0.5, 0.6) is 0 Å². The number of aromatic nitrogens is 1. The lowest BCUT2D eigenvalue weighted by Crippen LogP contribution is -2.27. The highest BCUT2D eigenvalue weighted by atomic mass is 15.0. The second-order valence-electron chi connectivity index (χ2n) is 5.29. The van der Waals surface area contributed by atoms with Crippen LogP contribution in [0.3, 0.4) is 0 Å². The van der Waals surface area contributed by atoms with Crippen LogP contribution in [0.4, 0.5) is 0 Å². The lowest BCUT2D eigenvalue weighted by molar-refractivity contribution is 0.335. The average molecular weight is 211 g/mol. The molecule has 1 saturated carbocycles. The Balaban J connectivity index is 1.93. The van der Waals surface area contributed by atoms with Gasteiger partial charge in [0, 0.05) is 23.5 Å². The Morgan fingerprint density at radius 3 is 2.88 bits per heavy atom. The molecule has 82 valence electrons. The normalized spacial score (nSPS) is 31.2. The van der Waals surface area contributed by atoms with Gasteiger partial charge in [0.25, 0.3) is 0 Å². The summed E-state index contributed by atoms with van der Waals surface area (Å²) in [6.07, 6.45) is 13.9. The highest BCUT2D eigenvalue weighted by Gasteiger charge is 2.37. The van der Waals surface area contributed by atoms with Crippen molar-refractivity contribution in [1.82, 2.24) is 4.57 Å². The van der Waals surface area contributed by atoms with Crippen LogP contribution in [0.15, 0.2) is 36.1 Å². The summed E-state index contributed by atoms with van der Waals surface area (Å²) in [4.78, 5) is 0. The Hall–Kier alpha value is -1.24. The van der Waals surface area contributed by atoms with Crippen LogP contribution in [0, 0.1) is 5.92 Å². The van der Waals surface area contributed by atoms with Crippen molar-refractivity contribution in [1.29, 1.82) is 0 Å². The Labute approximate surface area is 96.5 Å². The molecule has 2 unspecified atom stereocenters. The van der Waals surface area contributed by atoms with Gasteiger partial charge in [0.2, 0.25) is 0 Å². The lowest BCUT2D eigenvalue weighted by atomic mass is 9.71. The molecule has 1 heteroatoms. The van der Waals surface area contributed by atoms with E-state index in [0.717, 1.165) is 18.3 Å². The number of allylic oxidation sites excluding steroid dienone is 4. The van der Waals surface area contributed by atoms with E-state index in [2.05, 4.69) is 35.0 Å². The van der Waals surface area contributed by atoms with Gasteiger partial charge in [-0.15, -0.1) is 0 Å². The Bertz CT molecular complexity index is 489. The summed E-state index contributed by atoms with van der Waals surface area (Å²) >= 11 is 0. The van der Waals surface area contributed by atoms with E-state index in [4.69, 9.17) is 0 Å². The van der Waals surface area contributed by atoms with E-state index in [9.17, 15) is 0 Å². The van der Waals surface area contributed by atoms with Gasteiger partial charge >= 0.3 is 0 Å². The predicted octanol–water partition coefficient (Wildman–Crippen LogP) is 3.95. The minimum atomic E-state index is 0.797. The largest absolute Gasteiger partial charge is 0.321 e. The molecule has 1 nitrogen and oxygen atoms in total. The van der Waals surface area contributed by atoms with Crippen LogP contribution in [0.2, 0.25) is 0 Å². The topological polar surface area (TPSA) is 4.93 Å². The van der Waals surface area contributed by atoms with Crippen LogP contribution in [-0.4, -0.2) is 4.57 Å². The van der Waals surface area contributed by atoms with E-state index >= 15 is 0 Å². The van der Waals surface area contributed by atoms with Gasteiger partial charge in [0.05, 0.1) is 0 Å². The highest BCUT2D eigenvalue weighted by molar-refractivity contribution is 5.72. The van der Waals surface area contributed by atoms with Crippen LogP contribution in [-0.2, 0) is 0 Å². The molecule has 1 fully saturated rings. The Kier molecular flexibility index (Phi) is 1.73. The maximum atomic E-state index is 2.46. The van der Waals surface area contributed by atoms with Gasteiger partial charge < -0.3 is 4.57 Å². The van der Waals surface area contributed by atoms with Crippen molar-refractivity contribution >= 4 is 5.70 Å². The standard InChI is InChI=1S/C15H17N/c1-2-6-12-11(5-1)13-7-3-8-14(13)16-10-4-9-15(12)16/h4,7-12H,1-3,5-6H2. The van der Waals surface area contributed by atoms with Crippen molar-refractivity contribution in [2.45, 2.75) is 38.0 Å². The fourth-order valence-electron chi connectivity index (χ4n) is 3.87. The van der Waals surface area contributed by atoms with Gasteiger partial charge in [-0.25, -0.2) is 0 Å². The molecule has 0 aromatic carbocycles. The minimum absolute atomic E-state index is 0.797. The summed E-state index contributed by atoms with van der Waals surface area (Å²) in [6, 6.07) is 4.54. The molecule has 0 amide bonds. The molecule has 1 aliphatic heterocycles. The zero-order valence-electron chi connectivity index (χ0n) is 9.52. The first-order valence-corrected chi connectivity index (χ1v) is 6.53. The Morgan fingerprint density at radius 2 is 1.94 bits per heavy atom. The molecule has 2 heterocycles. The molecule has 2 aliphatic carbocycles. The van der Waals surface area contributed by atoms with Crippen LogP contribution in [0.1, 0.15) is 43.7 Å². The Morgan fingerprint density at radius 1 is 1.06 bits per heavy atom. The molecule has 0 saturated heterocycles. The second-order valence-corrected chi connectivity index (χ2v) is 5.29.